The SMILES string of the molecule is CCCNC(=O)C(Cc1ccccc1)N(Cc1ccc(Cl)cc1Cl)C(=O)COc1cc(C)cc(C)c1. The van der Waals surface area contributed by atoms with Gasteiger partial charge in [-0.25, -0.2) is 0 Å². The van der Waals surface area contributed by atoms with Crippen molar-refractivity contribution in [3.8, 4) is 5.75 Å². The minimum atomic E-state index is -0.749. The van der Waals surface area contributed by atoms with Crippen molar-refractivity contribution >= 4 is 35.0 Å². The third kappa shape index (κ3) is 8.00. The van der Waals surface area contributed by atoms with Crippen LogP contribution >= 0.6 is 23.2 Å². The van der Waals surface area contributed by atoms with Crippen LogP contribution in [0.4, 0.5) is 0 Å². The number of hydrogen-bond donors (Lipinski definition) is 1. The summed E-state index contributed by atoms with van der Waals surface area (Å²) in [6, 6.07) is 19.8. The fourth-order valence-electron chi connectivity index (χ4n) is 4.00. The van der Waals surface area contributed by atoms with Gasteiger partial charge in [-0.05, 0) is 66.8 Å². The van der Waals surface area contributed by atoms with E-state index in [4.69, 9.17) is 27.9 Å². The molecule has 1 unspecified atom stereocenters. The average Bonchev–Trinajstić information content (AvgIpc) is 2.84. The highest BCUT2D eigenvalue weighted by Gasteiger charge is 2.31. The van der Waals surface area contributed by atoms with Gasteiger partial charge in [0.25, 0.3) is 5.91 Å². The second-order valence-corrected chi connectivity index (χ2v) is 9.71. The fourth-order valence-corrected chi connectivity index (χ4v) is 4.47. The van der Waals surface area contributed by atoms with Gasteiger partial charge >= 0.3 is 0 Å². The second-order valence-electron chi connectivity index (χ2n) is 8.87. The molecule has 0 aliphatic rings. The highest BCUT2D eigenvalue weighted by molar-refractivity contribution is 6.35. The molecule has 0 saturated carbocycles. The van der Waals surface area contributed by atoms with Crippen molar-refractivity contribution in [2.75, 3.05) is 13.2 Å². The lowest BCUT2D eigenvalue weighted by atomic mass is 10.0. The molecule has 1 N–H and O–H groups in total. The third-order valence-electron chi connectivity index (χ3n) is 5.73. The van der Waals surface area contributed by atoms with Crippen LogP contribution in [-0.4, -0.2) is 35.9 Å². The van der Waals surface area contributed by atoms with E-state index in [1.807, 2.05) is 69.3 Å². The Kier molecular flexibility index (Phi) is 10.2. The van der Waals surface area contributed by atoms with Crippen molar-refractivity contribution < 1.29 is 14.3 Å². The molecule has 0 aliphatic carbocycles. The molecule has 2 amide bonds. The van der Waals surface area contributed by atoms with E-state index < -0.39 is 6.04 Å². The summed E-state index contributed by atoms with van der Waals surface area (Å²) < 4.78 is 5.88. The van der Waals surface area contributed by atoms with Crippen molar-refractivity contribution in [2.24, 2.45) is 0 Å². The first-order valence-corrected chi connectivity index (χ1v) is 12.8. The lowest BCUT2D eigenvalue weighted by Crippen LogP contribution is -2.51. The number of hydrogen-bond acceptors (Lipinski definition) is 3. The van der Waals surface area contributed by atoms with E-state index in [2.05, 4.69) is 5.32 Å². The fraction of sp³-hybridized carbons (Fsp3) is 0.310. The Morgan fingerprint density at radius 2 is 1.67 bits per heavy atom. The Morgan fingerprint density at radius 1 is 0.972 bits per heavy atom. The Bertz CT molecular complexity index is 1160. The molecule has 1 atom stereocenters. The number of carbonyl (C=O) groups is 2. The lowest BCUT2D eigenvalue weighted by Gasteiger charge is -2.31. The first kappa shape index (κ1) is 27.6. The van der Waals surface area contributed by atoms with Crippen LogP contribution in [0.2, 0.25) is 10.0 Å². The van der Waals surface area contributed by atoms with Gasteiger partial charge in [-0.2, -0.15) is 0 Å². The molecular weight excluding hydrogens is 495 g/mol. The monoisotopic (exact) mass is 526 g/mol. The molecule has 0 radical (unpaired) electrons. The maximum Gasteiger partial charge on any atom is 0.261 e. The molecule has 0 saturated heterocycles. The zero-order valence-electron chi connectivity index (χ0n) is 20.9. The second kappa shape index (κ2) is 13.3. The van der Waals surface area contributed by atoms with Crippen LogP contribution < -0.4 is 10.1 Å². The van der Waals surface area contributed by atoms with Crippen molar-refractivity contribution in [1.29, 1.82) is 0 Å². The molecule has 0 aromatic heterocycles. The van der Waals surface area contributed by atoms with E-state index >= 15 is 0 Å². The summed E-state index contributed by atoms with van der Waals surface area (Å²) in [5, 5.41) is 3.89. The predicted molar refractivity (Wildman–Crippen MR) is 146 cm³/mol. The van der Waals surface area contributed by atoms with Gasteiger partial charge in [0.15, 0.2) is 6.61 Å². The standard InChI is InChI=1S/C29H32Cl2N2O3/c1-4-12-32-29(35)27(16-22-8-6-5-7-9-22)33(18-23-10-11-24(30)17-26(23)31)28(34)19-36-25-14-20(2)13-21(3)15-25/h5-11,13-15,17,27H,4,12,16,18-19H2,1-3H3,(H,32,35). The van der Waals surface area contributed by atoms with Crippen LogP contribution in [-0.2, 0) is 22.6 Å². The van der Waals surface area contributed by atoms with Gasteiger partial charge in [-0.3, -0.25) is 9.59 Å². The molecule has 0 spiro atoms. The minimum absolute atomic E-state index is 0.141. The Balaban J connectivity index is 1.93. The Hall–Kier alpha value is -3.02. The zero-order chi connectivity index (χ0) is 26.1. The largest absolute Gasteiger partial charge is 0.484 e. The average molecular weight is 527 g/mol. The summed E-state index contributed by atoms with van der Waals surface area (Å²) in [6.07, 6.45) is 1.15. The summed E-state index contributed by atoms with van der Waals surface area (Å²) >= 11 is 12.5. The molecule has 0 heterocycles. The number of carbonyl (C=O) groups excluding carboxylic acids is 2. The number of halogens is 2. The van der Waals surface area contributed by atoms with E-state index in [0.29, 0.717) is 34.3 Å². The minimum Gasteiger partial charge on any atom is -0.484 e. The van der Waals surface area contributed by atoms with E-state index in [9.17, 15) is 9.59 Å². The van der Waals surface area contributed by atoms with Crippen molar-refractivity contribution in [3.05, 3.63) is 99.0 Å². The lowest BCUT2D eigenvalue weighted by molar-refractivity contribution is -0.142. The maximum absolute atomic E-state index is 13.6. The number of ether oxygens (including phenoxy) is 1. The first-order valence-electron chi connectivity index (χ1n) is 12.0. The van der Waals surface area contributed by atoms with E-state index in [1.165, 1.54) is 0 Å². The number of nitrogens with one attached hydrogen (secondary N) is 1. The highest BCUT2D eigenvalue weighted by Crippen LogP contribution is 2.24. The molecule has 0 fully saturated rings. The van der Waals surface area contributed by atoms with Crippen LogP contribution in [0, 0.1) is 13.8 Å². The van der Waals surface area contributed by atoms with E-state index in [-0.39, 0.29) is 25.0 Å². The quantitative estimate of drug-likeness (QED) is 0.325. The molecule has 0 aliphatic heterocycles. The third-order valence-corrected chi connectivity index (χ3v) is 6.32. The summed E-state index contributed by atoms with van der Waals surface area (Å²) in [5.74, 6) is 0.0821. The molecular formula is C29H32Cl2N2O3. The van der Waals surface area contributed by atoms with Crippen molar-refractivity contribution in [1.82, 2.24) is 10.2 Å². The van der Waals surface area contributed by atoms with Crippen LogP contribution in [0.3, 0.4) is 0 Å². The van der Waals surface area contributed by atoms with Gasteiger partial charge < -0.3 is 15.0 Å². The smallest absolute Gasteiger partial charge is 0.261 e. The summed E-state index contributed by atoms with van der Waals surface area (Å²) in [5.41, 5.74) is 3.73. The summed E-state index contributed by atoms with van der Waals surface area (Å²) in [4.78, 5) is 28.5. The first-order chi connectivity index (χ1) is 17.3. The van der Waals surface area contributed by atoms with Gasteiger partial charge in [0.1, 0.15) is 11.8 Å². The van der Waals surface area contributed by atoms with Gasteiger partial charge in [0.05, 0.1) is 0 Å². The van der Waals surface area contributed by atoms with Gasteiger partial charge in [-0.1, -0.05) is 72.6 Å². The number of amides is 2. The molecule has 7 heteroatoms. The summed E-state index contributed by atoms with van der Waals surface area (Å²) in [7, 11) is 0. The van der Waals surface area contributed by atoms with Gasteiger partial charge in [0.2, 0.25) is 5.91 Å². The number of benzene rings is 3. The molecule has 5 nitrogen and oxygen atoms in total. The normalized spacial score (nSPS) is 11.6. The molecule has 36 heavy (non-hydrogen) atoms. The van der Waals surface area contributed by atoms with Crippen LogP contribution in [0.1, 0.15) is 35.6 Å². The molecule has 3 rings (SSSR count). The molecule has 190 valence electrons. The maximum atomic E-state index is 13.6. The Labute approximate surface area is 223 Å². The van der Waals surface area contributed by atoms with E-state index in [1.54, 1.807) is 23.1 Å². The van der Waals surface area contributed by atoms with E-state index in [0.717, 1.165) is 23.1 Å². The van der Waals surface area contributed by atoms with Crippen molar-refractivity contribution in [3.63, 3.8) is 0 Å². The molecule has 3 aromatic rings. The molecule has 3 aromatic carbocycles. The Morgan fingerprint density at radius 3 is 2.31 bits per heavy atom. The van der Waals surface area contributed by atoms with Gasteiger partial charge in [0, 0.05) is 29.6 Å². The number of aryl methyl sites for hydroxylation is 2. The number of nitrogens with zero attached hydrogens (tertiary/aromatic N) is 1. The van der Waals surface area contributed by atoms with Gasteiger partial charge in [-0.15, -0.1) is 0 Å². The van der Waals surface area contributed by atoms with Crippen LogP contribution in [0.25, 0.3) is 0 Å². The predicted octanol–water partition coefficient (Wildman–Crippen LogP) is 6.16. The van der Waals surface area contributed by atoms with Crippen LogP contribution in [0.15, 0.2) is 66.7 Å². The van der Waals surface area contributed by atoms with Crippen LogP contribution in [0.5, 0.6) is 5.75 Å². The van der Waals surface area contributed by atoms with Crippen molar-refractivity contribution in [2.45, 2.75) is 46.2 Å². The number of rotatable bonds is 11. The highest BCUT2D eigenvalue weighted by atomic mass is 35.5. The topological polar surface area (TPSA) is 58.6 Å². The summed E-state index contributed by atoms with van der Waals surface area (Å²) in [6.45, 7) is 6.39. The zero-order valence-corrected chi connectivity index (χ0v) is 22.4. The molecule has 0 bridgehead atoms.